The lowest BCUT2D eigenvalue weighted by Gasteiger charge is -2.39. The highest BCUT2D eigenvalue weighted by atomic mass is 16.3. The third kappa shape index (κ3) is 16.3. The van der Waals surface area contributed by atoms with E-state index in [2.05, 4.69) is 41.9 Å². The second-order valence-corrected chi connectivity index (χ2v) is 24.3. The Kier molecular flexibility index (Phi) is 23.6. The normalized spacial score (nSPS) is 24.7. The highest BCUT2D eigenvalue weighted by Gasteiger charge is 2.44. The third-order valence-electron chi connectivity index (χ3n) is 17.8. The number of benzene rings is 2. The van der Waals surface area contributed by atoms with Crippen LogP contribution in [0, 0.1) is 11.8 Å². The zero-order valence-corrected chi connectivity index (χ0v) is 53.8. The van der Waals surface area contributed by atoms with Crippen molar-refractivity contribution in [2.45, 2.75) is 141 Å². The van der Waals surface area contributed by atoms with Crippen molar-refractivity contribution in [1.82, 2.24) is 71.3 Å². The maximum atomic E-state index is 15.1. The molecular weight excluding hydrogens is 1190 g/mol. The molecule has 0 aliphatic carbocycles. The van der Waals surface area contributed by atoms with Gasteiger partial charge in [0.25, 0.3) is 11.8 Å². The summed E-state index contributed by atoms with van der Waals surface area (Å²) in [6.07, 6.45) is 2.75. The molecule has 496 valence electrons. The summed E-state index contributed by atoms with van der Waals surface area (Å²) in [6, 6.07) is 5.31. The van der Waals surface area contributed by atoms with Crippen LogP contribution in [0.5, 0.6) is 11.5 Å². The number of likely N-dealkylation sites (N-methyl/N-ethyl adjacent to an activating group) is 4. The molecule has 92 heavy (non-hydrogen) atoms. The average Bonchev–Trinajstić information content (AvgIpc) is 0.828. The van der Waals surface area contributed by atoms with Crippen LogP contribution in [-0.4, -0.2) is 236 Å². The summed E-state index contributed by atoms with van der Waals surface area (Å²) in [5.41, 5.74) is -0.185. The van der Waals surface area contributed by atoms with Crippen LogP contribution in [0.1, 0.15) is 114 Å². The second kappa shape index (κ2) is 31.0. The monoisotopic (exact) mass is 1270 g/mol. The number of aromatic hydroxyl groups is 2. The molecule has 0 spiro atoms. The Morgan fingerprint density at radius 3 is 1.26 bits per heavy atom. The van der Waals surface area contributed by atoms with Gasteiger partial charge in [0.15, 0.2) is 11.4 Å². The molecule has 8 N–H and O–H groups in total. The van der Waals surface area contributed by atoms with E-state index in [-0.39, 0.29) is 25.9 Å². The van der Waals surface area contributed by atoms with Gasteiger partial charge in [-0.3, -0.25) is 57.5 Å². The second-order valence-electron chi connectivity index (χ2n) is 24.3. The quantitative estimate of drug-likeness (QED) is 0.121. The van der Waals surface area contributed by atoms with Crippen LogP contribution in [0.3, 0.4) is 0 Å². The van der Waals surface area contributed by atoms with E-state index < -0.39 is 180 Å². The molecule has 0 radical (unpaired) electrons. The maximum Gasteiger partial charge on any atom is 0.274 e. The summed E-state index contributed by atoms with van der Waals surface area (Å²) in [5, 5.41) is 39.3. The highest BCUT2D eigenvalue weighted by Crippen LogP contribution is 2.27. The van der Waals surface area contributed by atoms with Crippen molar-refractivity contribution in [3.05, 3.63) is 72.1 Å². The number of para-hydroxylation sites is 2. The fourth-order valence-electron chi connectivity index (χ4n) is 11.9. The summed E-state index contributed by atoms with van der Waals surface area (Å²) in [4.78, 5) is 188. The minimum Gasteiger partial charge on any atom is -0.505 e. The predicted octanol–water partition coefficient (Wildman–Crippen LogP) is 0.772. The smallest absolute Gasteiger partial charge is 0.274 e. The van der Waals surface area contributed by atoms with Gasteiger partial charge in [-0.05, 0) is 88.5 Å². The van der Waals surface area contributed by atoms with Crippen molar-refractivity contribution in [3.63, 3.8) is 0 Å². The van der Waals surface area contributed by atoms with Gasteiger partial charge in [-0.2, -0.15) is 0 Å². The van der Waals surface area contributed by atoms with Gasteiger partial charge < -0.3 is 71.5 Å². The van der Waals surface area contributed by atoms with Crippen LogP contribution in [0.15, 0.2) is 60.7 Å². The van der Waals surface area contributed by atoms with Gasteiger partial charge in [0.1, 0.15) is 47.8 Å². The van der Waals surface area contributed by atoms with Crippen LogP contribution in [-0.2, 0) is 47.9 Å². The summed E-state index contributed by atoms with van der Waals surface area (Å²) in [7, 11) is 5.37. The van der Waals surface area contributed by atoms with Gasteiger partial charge in [-0.15, -0.1) is 0 Å². The SMILES string of the molecule is CC[C@H](C)[C@H]1C(=O)N[C@H](C)[C@@H](NC(=O)c2nc3ccccc3cc2O)C(=O)N2CCCC[C@H]2C(=O)NCC(=O)N(C)CC(=O)N(C)[C@@H]([C@@H](C)CC)C(=O)N[C@H](C)[C@@H](NC(=O)c2nc3ccccc3cc2O)C(=O)N2CCCC[C@H]2C(=O)NCC(=O)N(C)CC(=O)N1C. The van der Waals surface area contributed by atoms with E-state index in [9.17, 15) is 58.2 Å². The van der Waals surface area contributed by atoms with Gasteiger partial charge in [-0.25, -0.2) is 9.97 Å². The fourth-order valence-corrected chi connectivity index (χ4v) is 11.9. The fraction of sp³-hybridized carbons (Fsp3) is 0.531. The van der Waals surface area contributed by atoms with Gasteiger partial charge in [0.2, 0.25) is 59.1 Å². The van der Waals surface area contributed by atoms with Crippen LogP contribution in [0.25, 0.3) is 21.8 Å². The van der Waals surface area contributed by atoms with Crippen LogP contribution >= 0.6 is 0 Å². The first-order chi connectivity index (χ1) is 43.7. The zero-order valence-electron chi connectivity index (χ0n) is 53.8. The molecule has 4 aromatic rings. The molecule has 5 heterocycles. The standard InChI is InChI=1S/C64H86N14O14/c1-11-35(3)55-61(89)67-37(5)51(71-59(87)53-45(79)29-39-21-13-15-23-41(39)69-53)63(91)77-27-19-17-25-43(77)57(85)66-32-48(82)74(8)34-50(84)76(10)56(36(4)12-2)62(90)68-38(6)52(72-60(88)54-46(80)30-40-22-14-16-24-42(40)70-54)64(92)78-28-20-18-26-44(78)58(86)65-31-47(81)73(7)33-49(83)75(55)9/h13-16,21-24,29-30,35-38,43-44,51-52,55-56,79-80H,11-12,17-20,25-28,31-34H2,1-10H3,(H,65,86)(H,66,85)(H,67,89)(H,68,90)(H,71,87)(H,72,88)/t35-,36-,37+,38+,43-,44-,51+,52+,55-,56-/m0/s1. The zero-order chi connectivity index (χ0) is 67.4. The summed E-state index contributed by atoms with van der Waals surface area (Å²) >= 11 is 0. The number of piperidine rings is 2. The molecule has 7 rings (SSSR count). The van der Waals surface area contributed by atoms with Crippen LogP contribution < -0.4 is 31.9 Å². The Bertz CT molecular complexity index is 3250. The molecule has 10 atom stereocenters. The Hall–Kier alpha value is -9.50. The largest absolute Gasteiger partial charge is 0.505 e. The van der Waals surface area contributed by atoms with Crippen LogP contribution in [0.4, 0.5) is 0 Å². The summed E-state index contributed by atoms with van der Waals surface area (Å²) < 4.78 is 0. The molecule has 0 saturated carbocycles. The number of aromatic nitrogens is 2. The number of pyridine rings is 2. The van der Waals surface area contributed by atoms with Crippen molar-refractivity contribution < 1.29 is 67.7 Å². The molecule has 3 aliphatic heterocycles. The molecule has 28 nitrogen and oxygen atoms in total. The lowest BCUT2D eigenvalue weighted by Crippen LogP contribution is -2.64. The van der Waals surface area contributed by atoms with Gasteiger partial charge in [0, 0.05) is 52.1 Å². The summed E-state index contributed by atoms with van der Waals surface area (Å²) in [6.45, 7) is 7.46. The third-order valence-corrected chi connectivity index (χ3v) is 17.8. The lowest BCUT2D eigenvalue weighted by atomic mass is 9.95. The number of carbonyl (C=O) groups excluding carboxylic acids is 12. The molecule has 3 fully saturated rings. The van der Waals surface area contributed by atoms with E-state index in [1.165, 1.54) is 64.0 Å². The van der Waals surface area contributed by atoms with Crippen molar-refractivity contribution in [2.75, 3.05) is 67.5 Å². The molecule has 2 aromatic heterocycles. The minimum absolute atomic E-state index is 0.00244. The van der Waals surface area contributed by atoms with E-state index in [4.69, 9.17) is 0 Å². The maximum absolute atomic E-state index is 15.1. The molecule has 28 heteroatoms. The van der Waals surface area contributed by atoms with E-state index in [1.807, 2.05) is 0 Å². The molecular formula is C64H86N14O14. The number of carbonyl (C=O) groups is 12. The first-order valence-corrected chi connectivity index (χ1v) is 31.2. The Balaban J connectivity index is 1.22. The number of fused-ring (bicyclic) bond motifs is 4. The van der Waals surface area contributed by atoms with Crippen LogP contribution in [0.2, 0.25) is 0 Å². The van der Waals surface area contributed by atoms with Gasteiger partial charge >= 0.3 is 0 Å². The highest BCUT2D eigenvalue weighted by molar-refractivity contribution is 6.03. The van der Waals surface area contributed by atoms with Crippen molar-refractivity contribution >= 4 is 92.7 Å². The number of amides is 12. The van der Waals surface area contributed by atoms with E-state index in [1.54, 1.807) is 76.2 Å². The molecule has 2 aromatic carbocycles. The molecule has 3 saturated heterocycles. The number of hydrogen-bond acceptors (Lipinski definition) is 16. The topological polar surface area (TPSA) is 363 Å². The van der Waals surface area contributed by atoms with E-state index in [0.717, 1.165) is 19.6 Å². The Labute approximate surface area is 533 Å². The molecule has 0 unspecified atom stereocenters. The molecule has 0 bridgehead atoms. The van der Waals surface area contributed by atoms with Crippen molar-refractivity contribution in [3.8, 4) is 11.5 Å². The number of nitrogens with zero attached hydrogens (tertiary/aromatic N) is 8. The first-order valence-electron chi connectivity index (χ1n) is 31.2. The number of nitrogens with one attached hydrogen (secondary N) is 6. The van der Waals surface area contributed by atoms with Gasteiger partial charge in [0.05, 0.1) is 49.3 Å². The van der Waals surface area contributed by atoms with E-state index in [0.29, 0.717) is 60.3 Å². The lowest BCUT2D eigenvalue weighted by molar-refractivity contribution is -0.147. The Morgan fingerprint density at radius 2 is 0.902 bits per heavy atom. The summed E-state index contributed by atoms with van der Waals surface area (Å²) in [5.74, 6) is -11.6. The first kappa shape index (κ1) is 70.0. The molecule has 12 amide bonds. The molecule has 3 aliphatic rings. The number of hydrogen-bond donors (Lipinski definition) is 8. The van der Waals surface area contributed by atoms with Crippen molar-refractivity contribution in [2.24, 2.45) is 11.8 Å². The van der Waals surface area contributed by atoms with Crippen molar-refractivity contribution in [1.29, 1.82) is 0 Å². The Morgan fingerprint density at radius 1 is 0.543 bits per heavy atom. The minimum atomic E-state index is -1.64. The van der Waals surface area contributed by atoms with E-state index >= 15 is 9.59 Å². The number of rotatable bonds is 8. The average molecular weight is 1280 g/mol. The van der Waals surface area contributed by atoms with Gasteiger partial charge in [-0.1, -0.05) is 76.9 Å². The predicted molar refractivity (Wildman–Crippen MR) is 337 cm³/mol.